The Labute approximate surface area is 93.2 Å². The molecule has 1 aliphatic rings. The highest BCUT2D eigenvalue weighted by molar-refractivity contribution is 5.79. The van der Waals surface area contributed by atoms with Crippen LogP contribution in [0.5, 0.6) is 0 Å². The zero-order valence-electron chi connectivity index (χ0n) is 9.09. The van der Waals surface area contributed by atoms with Crippen LogP contribution in [0, 0.1) is 5.92 Å². The van der Waals surface area contributed by atoms with Crippen LogP contribution in [0.4, 0.5) is 8.78 Å². The van der Waals surface area contributed by atoms with Gasteiger partial charge in [-0.1, -0.05) is 12.8 Å². The molecule has 0 heterocycles. The molecule has 1 fully saturated rings. The van der Waals surface area contributed by atoms with Crippen LogP contribution in [0.1, 0.15) is 25.7 Å². The first-order valence-electron chi connectivity index (χ1n) is 5.48. The van der Waals surface area contributed by atoms with Crippen molar-refractivity contribution in [1.29, 1.82) is 0 Å². The minimum atomic E-state index is -3.26. The molecule has 0 bridgehead atoms. The second kappa shape index (κ2) is 5.54. The average molecular weight is 236 g/mol. The molecule has 4 N–H and O–H groups in total. The van der Waals surface area contributed by atoms with Gasteiger partial charge in [0.15, 0.2) is 0 Å². The molecule has 16 heavy (non-hydrogen) atoms. The first-order chi connectivity index (χ1) is 7.46. The molecule has 0 aromatic rings. The van der Waals surface area contributed by atoms with Gasteiger partial charge in [0.1, 0.15) is 6.61 Å². The van der Waals surface area contributed by atoms with Crippen LogP contribution >= 0.6 is 0 Å². The summed E-state index contributed by atoms with van der Waals surface area (Å²) < 4.78 is 25.4. The molecule has 2 atom stereocenters. The number of aliphatic hydroxyl groups is 1. The van der Waals surface area contributed by atoms with Gasteiger partial charge in [-0.25, -0.2) is 8.78 Å². The molecule has 4 nitrogen and oxygen atoms in total. The molecule has 6 heteroatoms. The molecule has 1 saturated carbocycles. The van der Waals surface area contributed by atoms with Crippen LogP contribution in [0.15, 0.2) is 0 Å². The van der Waals surface area contributed by atoms with E-state index in [0.717, 1.165) is 19.3 Å². The summed E-state index contributed by atoms with van der Waals surface area (Å²) in [5.41, 5.74) is 5.75. The lowest BCUT2D eigenvalue weighted by Crippen LogP contribution is -2.47. The number of aliphatic hydroxyl groups excluding tert-OH is 1. The van der Waals surface area contributed by atoms with Gasteiger partial charge in [0.05, 0.1) is 12.5 Å². The molecule has 1 rings (SSSR count). The third-order valence-electron chi connectivity index (χ3n) is 2.91. The summed E-state index contributed by atoms with van der Waals surface area (Å²) in [5.74, 6) is -4.06. The minimum Gasteiger partial charge on any atom is -0.390 e. The summed E-state index contributed by atoms with van der Waals surface area (Å²) in [5, 5.41) is 10.5. The smallest absolute Gasteiger partial charge is 0.287 e. The first-order valence-corrected chi connectivity index (χ1v) is 5.48. The monoisotopic (exact) mass is 236 g/mol. The third-order valence-corrected chi connectivity index (χ3v) is 2.91. The maximum atomic E-state index is 12.7. The SMILES string of the molecule is NC1CCCCC1C(=O)NCC(F)(F)CO. The second-order valence-corrected chi connectivity index (χ2v) is 4.29. The standard InChI is InChI=1S/C10H18F2N2O2/c11-10(12,6-15)5-14-9(16)7-3-1-2-4-8(7)13/h7-8,15H,1-6,13H2,(H,14,16). The predicted molar refractivity (Wildman–Crippen MR) is 55.0 cm³/mol. The average Bonchev–Trinajstić information content (AvgIpc) is 2.27. The number of carbonyl (C=O) groups is 1. The van der Waals surface area contributed by atoms with E-state index in [9.17, 15) is 13.6 Å². The van der Waals surface area contributed by atoms with E-state index < -0.39 is 25.0 Å². The van der Waals surface area contributed by atoms with E-state index in [1.54, 1.807) is 0 Å². The van der Waals surface area contributed by atoms with E-state index in [-0.39, 0.29) is 12.0 Å². The number of rotatable bonds is 4. The molecule has 0 saturated heterocycles. The van der Waals surface area contributed by atoms with Crippen molar-refractivity contribution in [2.24, 2.45) is 11.7 Å². The molecule has 0 radical (unpaired) electrons. The number of hydrogen-bond donors (Lipinski definition) is 3. The molecular formula is C10H18F2N2O2. The highest BCUT2D eigenvalue weighted by Gasteiger charge is 2.32. The second-order valence-electron chi connectivity index (χ2n) is 4.29. The summed E-state index contributed by atoms with van der Waals surface area (Å²) in [7, 11) is 0. The number of alkyl halides is 2. The lowest BCUT2D eigenvalue weighted by atomic mass is 9.84. The Bertz CT molecular complexity index is 249. The quantitative estimate of drug-likeness (QED) is 0.655. The van der Waals surface area contributed by atoms with E-state index >= 15 is 0 Å². The highest BCUT2D eigenvalue weighted by Crippen LogP contribution is 2.23. The van der Waals surface area contributed by atoms with Crippen molar-refractivity contribution >= 4 is 5.91 Å². The van der Waals surface area contributed by atoms with Crippen molar-refractivity contribution in [3.63, 3.8) is 0 Å². The van der Waals surface area contributed by atoms with Gasteiger partial charge in [0, 0.05) is 6.04 Å². The highest BCUT2D eigenvalue weighted by atomic mass is 19.3. The van der Waals surface area contributed by atoms with Gasteiger partial charge in [-0.2, -0.15) is 0 Å². The topological polar surface area (TPSA) is 75.4 Å². The minimum absolute atomic E-state index is 0.239. The molecule has 0 aromatic carbocycles. The van der Waals surface area contributed by atoms with E-state index in [1.807, 2.05) is 0 Å². The summed E-state index contributed by atoms with van der Waals surface area (Å²) in [6.07, 6.45) is 3.30. The summed E-state index contributed by atoms with van der Waals surface area (Å²) in [6.45, 7) is -2.09. The van der Waals surface area contributed by atoms with Crippen LogP contribution < -0.4 is 11.1 Å². The number of hydrogen-bond acceptors (Lipinski definition) is 3. The van der Waals surface area contributed by atoms with Crippen molar-refractivity contribution < 1.29 is 18.7 Å². The summed E-state index contributed by atoms with van der Waals surface area (Å²) in [6, 6.07) is -0.239. The van der Waals surface area contributed by atoms with Crippen LogP contribution in [0.3, 0.4) is 0 Å². The van der Waals surface area contributed by atoms with E-state index in [0.29, 0.717) is 6.42 Å². The van der Waals surface area contributed by atoms with Crippen molar-refractivity contribution in [3.8, 4) is 0 Å². The van der Waals surface area contributed by atoms with Crippen molar-refractivity contribution in [2.75, 3.05) is 13.2 Å². The first kappa shape index (κ1) is 13.3. The molecule has 0 aromatic heterocycles. The normalized spacial score (nSPS) is 26.5. The molecule has 0 spiro atoms. The van der Waals surface area contributed by atoms with Gasteiger partial charge in [0.25, 0.3) is 5.92 Å². The number of amides is 1. The zero-order chi connectivity index (χ0) is 12.2. The maximum Gasteiger partial charge on any atom is 0.287 e. The van der Waals surface area contributed by atoms with Crippen molar-refractivity contribution in [1.82, 2.24) is 5.32 Å². The van der Waals surface area contributed by atoms with E-state index in [1.165, 1.54) is 0 Å². The van der Waals surface area contributed by atoms with Gasteiger partial charge < -0.3 is 16.2 Å². The Morgan fingerprint density at radius 3 is 2.62 bits per heavy atom. The summed E-state index contributed by atoms with van der Waals surface area (Å²) >= 11 is 0. The Hall–Kier alpha value is -0.750. The predicted octanol–water partition coefficient (Wildman–Crippen LogP) is 0.248. The molecule has 2 unspecified atom stereocenters. The number of nitrogens with one attached hydrogen (secondary N) is 1. The lowest BCUT2D eigenvalue weighted by molar-refractivity contribution is -0.129. The molecule has 1 aliphatic carbocycles. The van der Waals surface area contributed by atoms with Gasteiger partial charge in [-0.15, -0.1) is 0 Å². The van der Waals surface area contributed by atoms with Gasteiger partial charge >= 0.3 is 0 Å². The Morgan fingerprint density at radius 2 is 2.06 bits per heavy atom. The number of carbonyl (C=O) groups excluding carboxylic acids is 1. The van der Waals surface area contributed by atoms with Gasteiger partial charge in [0.2, 0.25) is 5.91 Å². The number of halogens is 2. The zero-order valence-corrected chi connectivity index (χ0v) is 9.09. The van der Waals surface area contributed by atoms with E-state index in [2.05, 4.69) is 5.32 Å². The largest absolute Gasteiger partial charge is 0.390 e. The fourth-order valence-electron chi connectivity index (χ4n) is 1.89. The Kier molecular flexibility index (Phi) is 4.61. The van der Waals surface area contributed by atoms with Crippen molar-refractivity contribution in [2.45, 2.75) is 37.6 Å². The Balaban J connectivity index is 2.39. The van der Waals surface area contributed by atoms with Crippen molar-refractivity contribution in [3.05, 3.63) is 0 Å². The van der Waals surface area contributed by atoms with E-state index in [4.69, 9.17) is 10.8 Å². The maximum absolute atomic E-state index is 12.7. The third kappa shape index (κ3) is 3.68. The molecule has 1 amide bonds. The van der Waals surface area contributed by atoms with Crippen LogP contribution in [-0.4, -0.2) is 36.1 Å². The summed E-state index contributed by atoms with van der Waals surface area (Å²) in [4.78, 5) is 11.6. The molecule has 0 aliphatic heterocycles. The van der Waals surface area contributed by atoms with Crippen LogP contribution in [-0.2, 0) is 4.79 Å². The molecule has 94 valence electrons. The van der Waals surface area contributed by atoms with Gasteiger partial charge in [-0.05, 0) is 12.8 Å². The van der Waals surface area contributed by atoms with Crippen LogP contribution in [0.25, 0.3) is 0 Å². The lowest BCUT2D eigenvalue weighted by Gasteiger charge is -2.28. The fourth-order valence-corrected chi connectivity index (χ4v) is 1.89. The number of nitrogens with two attached hydrogens (primary N) is 1. The Morgan fingerprint density at radius 1 is 1.44 bits per heavy atom. The van der Waals surface area contributed by atoms with Gasteiger partial charge in [-0.3, -0.25) is 4.79 Å². The van der Waals surface area contributed by atoms with Crippen LogP contribution in [0.2, 0.25) is 0 Å². The fraction of sp³-hybridized carbons (Fsp3) is 0.900. The molecular weight excluding hydrogens is 218 g/mol.